The Kier molecular flexibility index (Phi) is 4.22. The molecule has 6 heteroatoms. The third-order valence-electron chi connectivity index (χ3n) is 3.45. The van der Waals surface area contributed by atoms with E-state index >= 15 is 0 Å². The predicted octanol–water partition coefficient (Wildman–Crippen LogP) is 6.57. The number of halogens is 2. The molecule has 2 heterocycles. The Morgan fingerprint density at radius 1 is 1.00 bits per heavy atom. The highest BCUT2D eigenvalue weighted by molar-refractivity contribution is 9.10. The average molecular weight is 418 g/mol. The topological polar surface area (TPSA) is 35.0 Å². The van der Waals surface area contributed by atoms with Crippen molar-refractivity contribution in [3.63, 3.8) is 0 Å². The van der Waals surface area contributed by atoms with Crippen molar-refractivity contribution in [3.8, 4) is 22.1 Å². The Morgan fingerprint density at radius 2 is 1.83 bits per heavy atom. The second-order valence-electron chi connectivity index (χ2n) is 5.05. The molecule has 0 spiro atoms. The number of ether oxygens (including phenoxy) is 1. The second kappa shape index (κ2) is 6.51. The molecule has 0 saturated carbocycles. The van der Waals surface area contributed by atoms with E-state index in [1.807, 2.05) is 30.3 Å². The molecule has 118 valence electrons. The number of nitrogens with zero attached hydrogens (tertiary/aromatic N) is 2. The molecule has 0 amide bonds. The van der Waals surface area contributed by atoms with Gasteiger partial charge in [0.1, 0.15) is 16.9 Å². The molecule has 0 aliphatic heterocycles. The number of fused-ring (bicyclic) bond motifs is 1. The van der Waals surface area contributed by atoms with Crippen LogP contribution in [0.25, 0.3) is 20.7 Å². The van der Waals surface area contributed by atoms with Gasteiger partial charge in [-0.05, 0) is 29.8 Å². The lowest BCUT2D eigenvalue weighted by Crippen LogP contribution is -1.90. The summed E-state index contributed by atoms with van der Waals surface area (Å²) in [6.45, 7) is 0. The highest BCUT2D eigenvalue weighted by Gasteiger charge is 2.13. The quantitative estimate of drug-likeness (QED) is 0.378. The van der Waals surface area contributed by atoms with Gasteiger partial charge in [-0.3, -0.25) is 0 Å². The SMILES string of the molecule is Clc1cc(Br)ccc1Oc1ncnc2sc(-c3ccccc3)cc12. The standard InChI is InChI=1S/C18H10BrClN2OS/c19-12-6-7-15(14(20)8-12)23-17-13-9-16(11-4-2-1-3-5-11)24-18(13)22-10-21-17/h1-10H. The molecule has 0 unspecified atom stereocenters. The largest absolute Gasteiger partial charge is 0.437 e. The fourth-order valence-electron chi connectivity index (χ4n) is 2.32. The zero-order valence-corrected chi connectivity index (χ0v) is 15.4. The minimum Gasteiger partial charge on any atom is -0.437 e. The van der Waals surface area contributed by atoms with Crippen molar-refractivity contribution in [1.29, 1.82) is 0 Å². The number of rotatable bonds is 3. The fraction of sp³-hybridized carbons (Fsp3) is 0. The van der Waals surface area contributed by atoms with Crippen molar-refractivity contribution >= 4 is 49.1 Å². The van der Waals surface area contributed by atoms with Gasteiger partial charge in [0, 0.05) is 9.35 Å². The monoisotopic (exact) mass is 416 g/mol. The molecule has 0 N–H and O–H groups in total. The maximum Gasteiger partial charge on any atom is 0.231 e. The van der Waals surface area contributed by atoms with E-state index in [1.165, 1.54) is 6.33 Å². The van der Waals surface area contributed by atoms with Crippen LogP contribution in [-0.4, -0.2) is 9.97 Å². The van der Waals surface area contributed by atoms with Gasteiger partial charge < -0.3 is 4.74 Å². The summed E-state index contributed by atoms with van der Waals surface area (Å²) >= 11 is 11.2. The summed E-state index contributed by atoms with van der Waals surface area (Å²) in [6.07, 6.45) is 1.51. The van der Waals surface area contributed by atoms with Crippen LogP contribution in [0.3, 0.4) is 0 Å². The lowest BCUT2D eigenvalue weighted by molar-refractivity contribution is 0.468. The van der Waals surface area contributed by atoms with E-state index in [-0.39, 0.29) is 0 Å². The van der Waals surface area contributed by atoms with E-state index in [9.17, 15) is 0 Å². The molecular weight excluding hydrogens is 408 g/mol. The lowest BCUT2D eigenvalue weighted by atomic mass is 10.2. The third-order valence-corrected chi connectivity index (χ3v) is 5.33. The van der Waals surface area contributed by atoms with Crippen molar-refractivity contribution in [2.45, 2.75) is 0 Å². The first-order valence-electron chi connectivity index (χ1n) is 7.13. The van der Waals surface area contributed by atoms with Gasteiger partial charge >= 0.3 is 0 Å². The first-order chi connectivity index (χ1) is 11.7. The number of benzene rings is 2. The molecule has 0 aliphatic carbocycles. The van der Waals surface area contributed by atoms with Crippen molar-refractivity contribution in [3.05, 3.63) is 70.4 Å². The van der Waals surface area contributed by atoms with Crippen LogP contribution in [0.2, 0.25) is 5.02 Å². The van der Waals surface area contributed by atoms with Crippen molar-refractivity contribution in [2.75, 3.05) is 0 Å². The first-order valence-corrected chi connectivity index (χ1v) is 9.12. The predicted molar refractivity (Wildman–Crippen MR) is 102 cm³/mol. The van der Waals surface area contributed by atoms with Gasteiger partial charge in [0.05, 0.1) is 10.4 Å². The van der Waals surface area contributed by atoms with Gasteiger partial charge in [-0.25, -0.2) is 9.97 Å². The zero-order valence-electron chi connectivity index (χ0n) is 12.2. The number of hydrogen-bond acceptors (Lipinski definition) is 4. The van der Waals surface area contributed by atoms with E-state index in [1.54, 1.807) is 17.4 Å². The molecule has 2 aromatic carbocycles. The molecule has 3 nitrogen and oxygen atoms in total. The molecule has 0 fully saturated rings. The molecule has 2 aromatic heterocycles. The van der Waals surface area contributed by atoms with Gasteiger partial charge in [0.2, 0.25) is 5.88 Å². The fourth-order valence-corrected chi connectivity index (χ4v) is 4.03. The summed E-state index contributed by atoms with van der Waals surface area (Å²) in [5, 5.41) is 1.40. The normalized spacial score (nSPS) is 10.9. The Labute approximate surface area is 156 Å². The van der Waals surface area contributed by atoms with Crippen LogP contribution in [0.5, 0.6) is 11.6 Å². The minimum atomic E-state index is 0.502. The van der Waals surface area contributed by atoms with Crippen LogP contribution in [0.4, 0.5) is 0 Å². The van der Waals surface area contributed by atoms with Crippen LogP contribution in [0.15, 0.2) is 65.4 Å². The summed E-state index contributed by atoms with van der Waals surface area (Å²) in [7, 11) is 0. The van der Waals surface area contributed by atoms with Gasteiger partial charge in [0.25, 0.3) is 0 Å². The molecule has 0 aliphatic rings. The van der Waals surface area contributed by atoms with Crippen LogP contribution in [0, 0.1) is 0 Å². The zero-order chi connectivity index (χ0) is 16.5. The van der Waals surface area contributed by atoms with Gasteiger partial charge in [0.15, 0.2) is 0 Å². The van der Waals surface area contributed by atoms with Crippen molar-refractivity contribution in [1.82, 2.24) is 9.97 Å². The van der Waals surface area contributed by atoms with Gasteiger partial charge in [-0.1, -0.05) is 57.9 Å². The maximum absolute atomic E-state index is 6.24. The Hall–Kier alpha value is -1.95. The Balaban J connectivity index is 1.77. The van der Waals surface area contributed by atoms with E-state index in [0.717, 1.165) is 25.1 Å². The van der Waals surface area contributed by atoms with Crippen LogP contribution in [0.1, 0.15) is 0 Å². The molecule has 0 saturated heterocycles. The Bertz CT molecular complexity index is 1020. The summed E-state index contributed by atoms with van der Waals surface area (Å²) in [5.41, 5.74) is 1.15. The first kappa shape index (κ1) is 15.6. The minimum absolute atomic E-state index is 0.502. The van der Waals surface area contributed by atoms with E-state index in [4.69, 9.17) is 16.3 Å². The molecule has 24 heavy (non-hydrogen) atoms. The summed E-state index contributed by atoms with van der Waals surface area (Å²) in [5.74, 6) is 1.06. The molecule has 0 radical (unpaired) electrons. The summed E-state index contributed by atoms with van der Waals surface area (Å²) in [6, 6.07) is 17.7. The third kappa shape index (κ3) is 3.02. The van der Waals surface area contributed by atoms with E-state index < -0.39 is 0 Å². The molecule has 4 aromatic rings. The van der Waals surface area contributed by atoms with E-state index in [2.05, 4.69) is 44.1 Å². The van der Waals surface area contributed by atoms with Crippen molar-refractivity contribution in [2.24, 2.45) is 0 Å². The molecular formula is C18H10BrClN2OS. The number of thiophene rings is 1. The van der Waals surface area contributed by atoms with Gasteiger partial charge in [-0.2, -0.15) is 0 Å². The second-order valence-corrected chi connectivity index (χ2v) is 7.40. The van der Waals surface area contributed by atoms with Crippen molar-refractivity contribution < 1.29 is 4.74 Å². The smallest absolute Gasteiger partial charge is 0.231 e. The van der Waals surface area contributed by atoms with Crippen LogP contribution in [-0.2, 0) is 0 Å². The van der Waals surface area contributed by atoms with Crippen LogP contribution >= 0.6 is 38.9 Å². The Morgan fingerprint density at radius 3 is 2.62 bits per heavy atom. The lowest BCUT2D eigenvalue weighted by Gasteiger charge is -2.07. The summed E-state index contributed by atoms with van der Waals surface area (Å²) in [4.78, 5) is 10.6. The van der Waals surface area contributed by atoms with Gasteiger partial charge in [-0.15, -0.1) is 11.3 Å². The number of aromatic nitrogens is 2. The molecule has 0 bridgehead atoms. The average Bonchev–Trinajstić information content (AvgIpc) is 3.03. The van der Waals surface area contributed by atoms with E-state index in [0.29, 0.717) is 16.7 Å². The highest BCUT2D eigenvalue weighted by Crippen LogP contribution is 2.38. The molecule has 0 atom stereocenters. The molecule has 4 rings (SSSR count). The number of hydrogen-bond donors (Lipinski definition) is 0. The maximum atomic E-state index is 6.24. The summed E-state index contributed by atoms with van der Waals surface area (Å²) < 4.78 is 6.83. The highest BCUT2D eigenvalue weighted by atomic mass is 79.9. The van der Waals surface area contributed by atoms with Crippen LogP contribution < -0.4 is 4.74 Å².